The third-order valence-corrected chi connectivity index (χ3v) is 4.62. The second kappa shape index (κ2) is 9.53. The fourth-order valence-electron chi connectivity index (χ4n) is 3.24. The van der Waals surface area contributed by atoms with Crippen molar-refractivity contribution in [3.8, 4) is 11.8 Å². The zero-order chi connectivity index (χ0) is 21.5. The van der Waals surface area contributed by atoms with E-state index < -0.39 is 5.91 Å². The fraction of sp³-hybridized carbons (Fsp3) is 0.160. The van der Waals surface area contributed by atoms with Crippen LogP contribution in [0, 0.1) is 32.1 Å². The summed E-state index contributed by atoms with van der Waals surface area (Å²) in [5, 5.41) is 12.5. The molecule has 5 heteroatoms. The normalized spacial score (nSPS) is 10.9. The Hall–Kier alpha value is -3.91. The summed E-state index contributed by atoms with van der Waals surface area (Å²) in [6.07, 6.45) is 4.99. The van der Waals surface area contributed by atoms with E-state index in [-0.39, 0.29) is 5.57 Å². The Morgan fingerprint density at radius 3 is 2.53 bits per heavy atom. The van der Waals surface area contributed by atoms with E-state index in [0.717, 1.165) is 27.9 Å². The molecular formula is C25H23N3O2. The van der Waals surface area contributed by atoms with Gasteiger partial charge >= 0.3 is 0 Å². The molecule has 1 N–H and O–H groups in total. The molecule has 0 aliphatic heterocycles. The van der Waals surface area contributed by atoms with Gasteiger partial charge in [0.2, 0.25) is 0 Å². The molecule has 0 aliphatic carbocycles. The van der Waals surface area contributed by atoms with Crippen molar-refractivity contribution >= 4 is 17.7 Å². The highest BCUT2D eigenvalue weighted by Gasteiger charge is 2.14. The molecule has 0 unspecified atom stereocenters. The number of para-hydroxylation sites is 1. The van der Waals surface area contributed by atoms with Crippen LogP contribution in [0.5, 0.6) is 5.75 Å². The van der Waals surface area contributed by atoms with Crippen molar-refractivity contribution in [2.75, 3.05) is 5.32 Å². The molecule has 2 aromatic carbocycles. The first-order chi connectivity index (χ1) is 14.5. The van der Waals surface area contributed by atoms with Crippen molar-refractivity contribution < 1.29 is 9.53 Å². The van der Waals surface area contributed by atoms with Crippen LogP contribution in [0.4, 0.5) is 5.69 Å². The minimum absolute atomic E-state index is 0.00630. The largest absolute Gasteiger partial charge is 0.488 e. The van der Waals surface area contributed by atoms with E-state index in [0.29, 0.717) is 17.9 Å². The van der Waals surface area contributed by atoms with Crippen LogP contribution < -0.4 is 10.1 Å². The number of carbonyl (C=O) groups is 1. The minimum atomic E-state index is -0.449. The molecule has 3 aromatic rings. The molecule has 30 heavy (non-hydrogen) atoms. The number of nitriles is 1. The van der Waals surface area contributed by atoms with Crippen molar-refractivity contribution in [1.29, 1.82) is 5.26 Å². The lowest BCUT2D eigenvalue weighted by Crippen LogP contribution is -2.15. The Balaban J connectivity index is 1.82. The van der Waals surface area contributed by atoms with E-state index in [1.807, 2.05) is 75.4 Å². The van der Waals surface area contributed by atoms with Crippen molar-refractivity contribution in [2.45, 2.75) is 27.4 Å². The van der Waals surface area contributed by atoms with Crippen LogP contribution >= 0.6 is 0 Å². The molecule has 0 spiro atoms. The van der Waals surface area contributed by atoms with Gasteiger partial charge in [-0.05, 0) is 50.1 Å². The van der Waals surface area contributed by atoms with Gasteiger partial charge in [0.15, 0.2) is 0 Å². The van der Waals surface area contributed by atoms with E-state index in [9.17, 15) is 10.1 Å². The first kappa shape index (κ1) is 20.8. The lowest BCUT2D eigenvalue weighted by molar-refractivity contribution is -0.112. The molecule has 5 nitrogen and oxygen atoms in total. The van der Waals surface area contributed by atoms with Gasteiger partial charge in [-0.3, -0.25) is 9.78 Å². The minimum Gasteiger partial charge on any atom is -0.488 e. The number of nitrogens with one attached hydrogen (secondary N) is 1. The average molecular weight is 397 g/mol. The molecule has 0 bridgehead atoms. The summed E-state index contributed by atoms with van der Waals surface area (Å²) in [5.41, 5.74) is 5.36. The molecule has 0 radical (unpaired) electrons. The van der Waals surface area contributed by atoms with Gasteiger partial charge in [-0.1, -0.05) is 42.0 Å². The van der Waals surface area contributed by atoms with Crippen molar-refractivity contribution in [1.82, 2.24) is 4.98 Å². The Kier molecular flexibility index (Phi) is 6.61. The number of ether oxygens (including phenoxy) is 1. The number of nitrogens with zero attached hydrogens (tertiary/aromatic N) is 2. The van der Waals surface area contributed by atoms with Gasteiger partial charge in [0.1, 0.15) is 24.0 Å². The second-order valence-electron chi connectivity index (χ2n) is 7.09. The van der Waals surface area contributed by atoms with Crippen molar-refractivity contribution in [2.24, 2.45) is 0 Å². The van der Waals surface area contributed by atoms with E-state index >= 15 is 0 Å². The van der Waals surface area contributed by atoms with E-state index in [2.05, 4.69) is 10.3 Å². The lowest BCUT2D eigenvalue weighted by Gasteiger charge is -2.13. The molecule has 3 rings (SSSR count). The van der Waals surface area contributed by atoms with Gasteiger partial charge in [-0.15, -0.1) is 0 Å². The third-order valence-electron chi connectivity index (χ3n) is 4.62. The Labute approximate surface area is 176 Å². The number of hydrogen-bond donors (Lipinski definition) is 1. The smallest absolute Gasteiger partial charge is 0.266 e. The fourth-order valence-corrected chi connectivity index (χ4v) is 3.24. The van der Waals surface area contributed by atoms with Crippen LogP contribution in [0.3, 0.4) is 0 Å². The number of aryl methyl sites for hydroxylation is 3. The van der Waals surface area contributed by atoms with Gasteiger partial charge in [0, 0.05) is 29.2 Å². The first-order valence-corrected chi connectivity index (χ1v) is 9.59. The monoisotopic (exact) mass is 397 g/mol. The number of anilines is 1. The zero-order valence-corrected chi connectivity index (χ0v) is 17.3. The average Bonchev–Trinajstić information content (AvgIpc) is 2.74. The summed E-state index contributed by atoms with van der Waals surface area (Å²) in [5.74, 6) is 0.138. The quantitative estimate of drug-likeness (QED) is 0.462. The number of benzene rings is 2. The van der Waals surface area contributed by atoms with Gasteiger partial charge in [-0.25, -0.2) is 0 Å². The van der Waals surface area contributed by atoms with Gasteiger partial charge in [0.05, 0.1) is 0 Å². The Bertz CT molecular complexity index is 1110. The van der Waals surface area contributed by atoms with E-state index in [1.54, 1.807) is 18.5 Å². The summed E-state index contributed by atoms with van der Waals surface area (Å²) >= 11 is 0. The van der Waals surface area contributed by atoms with Gasteiger partial charge < -0.3 is 10.1 Å². The summed E-state index contributed by atoms with van der Waals surface area (Å²) in [6.45, 7) is 6.23. The molecule has 0 saturated heterocycles. The lowest BCUT2D eigenvalue weighted by atomic mass is 10.0. The number of hydrogen-bond acceptors (Lipinski definition) is 4. The van der Waals surface area contributed by atoms with Crippen LogP contribution in [0.15, 0.2) is 66.5 Å². The highest BCUT2D eigenvalue weighted by molar-refractivity contribution is 6.10. The van der Waals surface area contributed by atoms with Crippen molar-refractivity contribution in [3.05, 3.63) is 94.3 Å². The summed E-state index contributed by atoms with van der Waals surface area (Å²) < 4.78 is 5.89. The molecule has 0 atom stereocenters. The van der Waals surface area contributed by atoms with Crippen molar-refractivity contribution in [3.63, 3.8) is 0 Å². The molecule has 0 saturated carbocycles. The second-order valence-corrected chi connectivity index (χ2v) is 7.09. The van der Waals surface area contributed by atoms with Crippen LogP contribution in [0.1, 0.15) is 27.8 Å². The highest BCUT2D eigenvalue weighted by Crippen LogP contribution is 2.25. The first-order valence-electron chi connectivity index (χ1n) is 9.59. The molecule has 1 heterocycles. The summed E-state index contributed by atoms with van der Waals surface area (Å²) in [6, 6.07) is 17.1. The maximum atomic E-state index is 12.8. The highest BCUT2D eigenvalue weighted by atomic mass is 16.5. The Morgan fingerprint density at radius 1 is 1.13 bits per heavy atom. The summed E-state index contributed by atoms with van der Waals surface area (Å²) in [7, 11) is 0. The van der Waals surface area contributed by atoms with Crippen LogP contribution in [0.25, 0.3) is 6.08 Å². The standard InChI is InChI=1S/C25H23N3O2/c1-17-11-18(2)24(19(3)12-17)28-25(29)22(14-26)13-21-8-4-5-9-23(21)30-16-20-7-6-10-27-15-20/h4-13,15H,16H2,1-3H3,(H,28,29)/b22-13+. The molecule has 0 fully saturated rings. The maximum absolute atomic E-state index is 12.8. The zero-order valence-electron chi connectivity index (χ0n) is 17.3. The number of carbonyl (C=O) groups excluding carboxylic acids is 1. The molecule has 0 aliphatic rings. The van der Waals surface area contributed by atoms with E-state index in [1.165, 1.54) is 0 Å². The van der Waals surface area contributed by atoms with Crippen LogP contribution in [-0.4, -0.2) is 10.9 Å². The molecule has 150 valence electrons. The predicted molar refractivity (Wildman–Crippen MR) is 118 cm³/mol. The maximum Gasteiger partial charge on any atom is 0.266 e. The summed E-state index contributed by atoms with van der Waals surface area (Å²) in [4.78, 5) is 16.9. The van der Waals surface area contributed by atoms with E-state index in [4.69, 9.17) is 4.74 Å². The van der Waals surface area contributed by atoms with Crippen LogP contribution in [-0.2, 0) is 11.4 Å². The number of amides is 1. The molecule has 1 amide bonds. The SMILES string of the molecule is Cc1cc(C)c(NC(=O)/C(C#N)=C/c2ccccc2OCc2cccnc2)c(C)c1. The Morgan fingerprint density at radius 2 is 1.87 bits per heavy atom. The topological polar surface area (TPSA) is 75.0 Å². The number of rotatable bonds is 6. The molecular weight excluding hydrogens is 374 g/mol. The van der Waals surface area contributed by atoms with Gasteiger partial charge in [0.25, 0.3) is 5.91 Å². The number of aromatic nitrogens is 1. The predicted octanol–water partition coefficient (Wildman–Crippen LogP) is 5.13. The molecule has 1 aromatic heterocycles. The third kappa shape index (κ3) is 5.12. The van der Waals surface area contributed by atoms with Crippen LogP contribution in [0.2, 0.25) is 0 Å². The number of pyridine rings is 1. The van der Waals surface area contributed by atoms with Gasteiger partial charge in [-0.2, -0.15) is 5.26 Å².